The Morgan fingerprint density at radius 1 is 1.19 bits per heavy atom. The molecule has 0 aliphatic rings. The molecule has 4 nitrogen and oxygen atoms in total. The molecule has 1 amide bonds. The Kier molecular flexibility index (Phi) is 3.71. The van der Waals surface area contributed by atoms with Crippen LogP contribution in [0.4, 0.5) is 14.5 Å². The molecule has 0 aromatic heterocycles. The van der Waals surface area contributed by atoms with Gasteiger partial charge < -0.3 is 10.4 Å². The van der Waals surface area contributed by atoms with E-state index in [-0.39, 0.29) is 5.69 Å². The lowest BCUT2D eigenvalue weighted by Gasteiger charge is -2.01. The van der Waals surface area contributed by atoms with Crippen LogP contribution in [0.15, 0.2) is 30.4 Å². The van der Waals surface area contributed by atoms with Crippen LogP contribution in [0.25, 0.3) is 0 Å². The Labute approximate surface area is 89.2 Å². The van der Waals surface area contributed by atoms with Gasteiger partial charge in [-0.1, -0.05) is 0 Å². The Morgan fingerprint density at radius 3 is 2.44 bits per heavy atom. The summed E-state index contributed by atoms with van der Waals surface area (Å²) in [6.45, 7) is 0. The van der Waals surface area contributed by atoms with Crippen molar-refractivity contribution >= 4 is 17.6 Å². The van der Waals surface area contributed by atoms with Gasteiger partial charge in [-0.25, -0.2) is 13.6 Å². The van der Waals surface area contributed by atoms with E-state index < -0.39 is 23.5 Å². The number of hydrogen-bond donors (Lipinski definition) is 2. The molecule has 0 saturated heterocycles. The maximum atomic E-state index is 12.7. The van der Waals surface area contributed by atoms with Crippen LogP contribution in [0.3, 0.4) is 0 Å². The minimum absolute atomic E-state index is 0.0407. The molecule has 1 aromatic rings. The Balaban J connectivity index is 2.70. The number of carbonyl (C=O) groups excluding carboxylic acids is 1. The largest absolute Gasteiger partial charge is 0.478 e. The van der Waals surface area contributed by atoms with Gasteiger partial charge in [0.15, 0.2) is 11.6 Å². The predicted octanol–water partition coefficient (Wildman–Crippen LogP) is 1.54. The summed E-state index contributed by atoms with van der Waals surface area (Å²) in [7, 11) is 0. The molecule has 0 radical (unpaired) electrons. The second-order valence-corrected chi connectivity index (χ2v) is 2.79. The molecule has 1 rings (SSSR count). The Bertz CT molecular complexity index is 457. The van der Waals surface area contributed by atoms with Gasteiger partial charge in [-0.05, 0) is 12.1 Å². The van der Waals surface area contributed by atoms with Gasteiger partial charge >= 0.3 is 5.97 Å². The summed E-state index contributed by atoms with van der Waals surface area (Å²) in [6, 6.07) is 2.80. The fourth-order valence-corrected chi connectivity index (χ4v) is 0.905. The second-order valence-electron chi connectivity index (χ2n) is 2.79. The van der Waals surface area contributed by atoms with Gasteiger partial charge in [0.2, 0.25) is 5.91 Å². The first kappa shape index (κ1) is 11.8. The molecule has 2 N–H and O–H groups in total. The van der Waals surface area contributed by atoms with Gasteiger partial charge in [0.25, 0.3) is 0 Å². The van der Waals surface area contributed by atoms with Gasteiger partial charge in [0, 0.05) is 23.9 Å². The van der Waals surface area contributed by atoms with Crippen LogP contribution in [0.2, 0.25) is 0 Å². The van der Waals surface area contributed by atoms with Crippen LogP contribution in [0, 0.1) is 11.6 Å². The molecule has 0 saturated carbocycles. The summed E-state index contributed by atoms with van der Waals surface area (Å²) in [4.78, 5) is 21.1. The van der Waals surface area contributed by atoms with Crippen LogP contribution in [0.5, 0.6) is 0 Å². The van der Waals surface area contributed by atoms with Crippen LogP contribution in [-0.2, 0) is 9.59 Å². The molecule has 1 aromatic carbocycles. The molecule has 0 bridgehead atoms. The van der Waals surface area contributed by atoms with Crippen LogP contribution >= 0.6 is 0 Å². The third-order valence-electron chi connectivity index (χ3n) is 1.56. The Hall–Kier alpha value is -2.24. The molecule has 0 aliphatic carbocycles. The van der Waals surface area contributed by atoms with Crippen molar-refractivity contribution in [1.29, 1.82) is 0 Å². The number of nitrogens with one attached hydrogen (secondary N) is 1. The van der Waals surface area contributed by atoms with Crippen LogP contribution in [-0.4, -0.2) is 17.0 Å². The van der Waals surface area contributed by atoms with E-state index in [1.165, 1.54) is 0 Å². The number of amides is 1. The van der Waals surface area contributed by atoms with Crippen molar-refractivity contribution in [2.24, 2.45) is 0 Å². The van der Waals surface area contributed by atoms with Gasteiger partial charge in [-0.3, -0.25) is 4.79 Å². The highest BCUT2D eigenvalue weighted by Gasteiger charge is 2.04. The lowest BCUT2D eigenvalue weighted by atomic mass is 10.3. The number of halogens is 2. The normalized spacial score (nSPS) is 10.4. The average molecular weight is 227 g/mol. The van der Waals surface area contributed by atoms with Crippen molar-refractivity contribution in [2.45, 2.75) is 0 Å². The van der Waals surface area contributed by atoms with E-state index >= 15 is 0 Å². The maximum absolute atomic E-state index is 12.7. The fraction of sp³-hybridized carbons (Fsp3) is 0. The van der Waals surface area contributed by atoms with Crippen LogP contribution in [0.1, 0.15) is 0 Å². The smallest absolute Gasteiger partial charge is 0.328 e. The molecule has 16 heavy (non-hydrogen) atoms. The molecular weight excluding hydrogens is 220 g/mol. The summed E-state index contributed by atoms with van der Waals surface area (Å²) < 4.78 is 25.2. The number of benzene rings is 1. The minimum atomic E-state index is -1.28. The lowest BCUT2D eigenvalue weighted by Crippen LogP contribution is -2.09. The third-order valence-corrected chi connectivity index (χ3v) is 1.56. The van der Waals surface area contributed by atoms with Crippen molar-refractivity contribution in [3.05, 3.63) is 42.0 Å². The lowest BCUT2D eigenvalue weighted by molar-refractivity contribution is -0.131. The molecule has 0 spiro atoms. The topological polar surface area (TPSA) is 66.4 Å². The highest BCUT2D eigenvalue weighted by Crippen LogP contribution is 2.12. The summed E-state index contributed by atoms with van der Waals surface area (Å²) in [5.74, 6) is -4.15. The summed E-state index contributed by atoms with van der Waals surface area (Å²) in [5, 5.41) is 10.4. The predicted molar refractivity (Wildman–Crippen MR) is 51.8 cm³/mol. The molecule has 0 atom stereocenters. The summed E-state index contributed by atoms with van der Waals surface area (Å²) in [5.41, 5.74) is 0.0407. The SMILES string of the molecule is O=C(O)/C=C\C(=O)Nc1ccc(F)c(F)c1. The van der Waals surface area contributed by atoms with Crippen LogP contribution < -0.4 is 5.32 Å². The molecule has 6 heteroatoms. The first-order chi connectivity index (χ1) is 7.49. The van der Waals surface area contributed by atoms with Crippen molar-refractivity contribution in [3.63, 3.8) is 0 Å². The van der Waals surface area contributed by atoms with Crippen molar-refractivity contribution in [2.75, 3.05) is 5.32 Å². The van der Waals surface area contributed by atoms with E-state index in [9.17, 15) is 18.4 Å². The minimum Gasteiger partial charge on any atom is -0.478 e. The Morgan fingerprint density at radius 2 is 1.88 bits per heavy atom. The number of carbonyl (C=O) groups is 2. The number of carboxylic acids is 1. The fourth-order valence-electron chi connectivity index (χ4n) is 0.905. The molecule has 84 valence electrons. The maximum Gasteiger partial charge on any atom is 0.328 e. The quantitative estimate of drug-likeness (QED) is 0.770. The van der Waals surface area contributed by atoms with E-state index in [0.717, 1.165) is 24.3 Å². The molecule has 0 fully saturated rings. The first-order valence-corrected chi connectivity index (χ1v) is 4.16. The van der Waals surface area contributed by atoms with Crippen molar-refractivity contribution in [1.82, 2.24) is 0 Å². The van der Waals surface area contributed by atoms with Crippen molar-refractivity contribution < 1.29 is 23.5 Å². The van der Waals surface area contributed by atoms with Gasteiger partial charge in [0.05, 0.1) is 0 Å². The zero-order chi connectivity index (χ0) is 12.1. The van der Waals surface area contributed by atoms with E-state index in [1.54, 1.807) is 0 Å². The average Bonchev–Trinajstić information content (AvgIpc) is 2.21. The standard InChI is InChI=1S/C10H7F2NO3/c11-7-2-1-6(5-8(7)12)13-9(14)3-4-10(15)16/h1-5H,(H,13,14)(H,15,16)/b4-3-. The van der Waals surface area contributed by atoms with E-state index in [1.807, 2.05) is 0 Å². The highest BCUT2D eigenvalue weighted by atomic mass is 19.2. The number of anilines is 1. The first-order valence-electron chi connectivity index (χ1n) is 4.16. The number of carboxylic acid groups (broad SMARTS) is 1. The highest BCUT2D eigenvalue weighted by molar-refractivity contribution is 6.02. The molecule has 0 heterocycles. The second kappa shape index (κ2) is 5.01. The zero-order valence-electron chi connectivity index (χ0n) is 7.91. The van der Waals surface area contributed by atoms with E-state index in [0.29, 0.717) is 6.08 Å². The molecule has 0 unspecified atom stereocenters. The van der Waals surface area contributed by atoms with Gasteiger partial charge in [-0.2, -0.15) is 0 Å². The van der Waals surface area contributed by atoms with Gasteiger partial charge in [0.1, 0.15) is 0 Å². The third kappa shape index (κ3) is 3.49. The monoisotopic (exact) mass is 227 g/mol. The van der Waals surface area contributed by atoms with E-state index in [2.05, 4.69) is 5.32 Å². The summed E-state index contributed by atoms with van der Waals surface area (Å²) >= 11 is 0. The van der Waals surface area contributed by atoms with Crippen molar-refractivity contribution in [3.8, 4) is 0 Å². The number of hydrogen-bond acceptors (Lipinski definition) is 2. The molecular formula is C10H7F2NO3. The number of aliphatic carboxylic acids is 1. The summed E-state index contributed by atoms with van der Waals surface area (Å²) in [6.07, 6.45) is 1.40. The zero-order valence-corrected chi connectivity index (χ0v) is 7.91. The molecule has 0 aliphatic heterocycles. The van der Waals surface area contributed by atoms with E-state index in [4.69, 9.17) is 5.11 Å². The number of rotatable bonds is 3. The van der Waals surface area contributed by atoms with Gasteiger partial charge in [-0.15, -0.1) is 0 Å².